The standard InChI is InChI=1S/C23H30N6O3/c1-15-20(16(2)29(27-15)18-10-4-3-5-11-18)21-22(31)24-12-13-28(21)14-19(30)26-23(32)25-17-8-6-7-9-17/h3-5,10-11,17,21H,6-9,12-14H2,1-2H3,(H,24,31)(H2,25,26,30,32)/t21-/m0/s1. The Hall–Kier alpha value is -3.20. The molecule has 0 unspecified atom stereocenters. The third kappa shape index (κ3) is 4.67. The number of amides is 4. The number of hydrogen-bond donors (Lipinski definition) is 3. The molecule has 3 N–H and O–H groups in total. The van der Waals surface area contributed by atoms with Crippen LogP contribution in [0.2, 0.25) is 0 Å². The van der Waals surface area contributed by atoms with Crippen molar-refractivity contribution in [2.24, 2.45) is 0 Å². The van der Waals surface area contributed by atoms with E-state index in [0.717, 1.165) is 48.3 Å². The molecule has 2 heterocycles. The fourth-order valence-corrected chi connectivity index (χ4v) is 4.71. The third-order valence-electron chi connectivity index (χ3n) is 6.22. The topological polar surface area (TPSA) is 108 Å². The van der Waals surface area contributed by atoms with Crippen molar-refractivity contribution >= 4 is 17.8 Å². The van der Waals surface area contributed by atoms with Gasteiger partial charge in [0.1, 0.15) is 6.04 Å². The highest BCUT2D eigenvalue weighted by Gasteiger charge is 2.36. The van der Waals surface area contributed by atoms with Crippen molar-refractivity contribution in [3.63, 3.8) is 0 Å². The van der Waals surface area contributed by atoms with Crippen LogP contribution in [0.4, 0.5) is 4.79 Å². The molecule has 1 saturated carbocycles. The van der Waals surface area contributed by atoms with Crippen molar-refractivity contribution in [3.8, 4) is 5.69 Å². The number of aromatic nitrogens is 2. The molecule has 0 spiro atoms. The van der Waals surface area contributed by atoms with Crippen molar-refractivity contribution in [2.75, 3.05) is 19.6 Å². The first-order valence-electron chi connectivity index (χ1n) is 11.2. The summed E-state index contributed by atoms with van der Waals surface area (Å²) in [5.41, 5.74) is 3.27. The summed E-state index contributed by atoms with van der Waals surface area (Å²) < 4.78 is 1.82. The molecule has 1 atom stereocenters. The largest absolute Gasteiger partial charge is 0.353 e. The van der Waals surface area contributed by atoms with Crippen LogP contribution in [0.15, 0.2) is 30.3 Å². The van der Waals surface area contributed by atoms with E-state index >= 15 is 0 Å². The summed E-state index contributed by atoms with van der Waals surface area (Å²) in [5.74, 6) is -0.593. The maximum absolute atomic E-state index is 12.9. The lowest BCUT2D eigenvalue weighted by atomic mass is 10.00. The van der Waals surface area contributed by atoms with Gasteiger partial charge in [0, 0.05) is 30.4 Å². The average Bonchev–Trinajstić information content (AvgIpc) is 3.37. The van der Waals surface area contributed by atoms with Crippen LogP contribution in [0.3, 0.4) is 0 Å². The van der Waals surface area contributed by atoms with Crippen LogP contribution in [0, 0.1) is 13.8 Å². The van der Waals surface area contributed by atoms with E-state index in [4.69, 9.17) is 0 Å². The van der Waals surface area contributed by atoms with Crippen LogP contribution >= 0.6 is 0 Å². The van der Waals surface area contributed by atoms with Gasteiger partial charge in [-0.1, -0.05) is 31.0 Å². The highest BCUT2D eigenvalue weighted by Crippen LogP contribution is 2.30. The van der Waals surface area contributed by atoms with Crippen LogP contribution in [0.25, 0.3) is 5.69 Å². The van der Waals surface area contributed by atoms with Gasteiger partial charge in [-0.3, -0.25) is 19.8 Å². The number of para-hydroxylation sites is 1. The summed E-state index contributed by atoms with van der Waals surface area (Å²) in [6.45, 7) is 4.70. The smallest absolute Gasteiger partial charge is 0.321 e. The Bertz CT molecular complexity index is 997. The molecule has 1 saturated heterocycles. The first-order valence-corrected chi connectivity index (χ1v) is 11.2. The number of carbonyl (C=O) groups is 3. The molecule has 2 aliphatic rings. The second-order valence-corrected chi connectivity index (χ2v) is 8.50. The van der Waals surface area contributed by atoms with Crippen molar-refractivity contribution < 1.29 is 14.4 Å². The van der Waals surface area contributed by atoms with Crippen molar-refractivity contribution in [3.05, 3.63) is 47.3 Å². The second-order valence-electron chi connectivity index (χ2n) is 8.50. The number of imide groups is 1. The summed E-state index contributed by atoms with van der Waals surface area (Å²) in [4.78, 5) is 39.5. The highest BCUT2D eigenvalue weighted by atomic mass is 16.2. The first kappa shape index (κ1) is 22.0. The number of benzene rings is 1. The molecule has 32 heavy (non-hydrogen) atoms. The highest BCUT2D eigenvalue weighted by molar-refractivity contribution is 5.96. The van der Waals surface area contributed by atoms with E-state index in [0.29, 0.717) is 13.1 Å². The SMILES string of the molecule is Cc1nn(-c2ccccc2)c(C)c1[C@H]1C(=O)NCCN1CC(=O)NC(=O)NC1CCCC1. The molecule has 1 aromatic heterocycles. The lowest BCUT2D eigenvalue weighted by Gasteiger charge is -2.34. The number of carbonyl (C=O) groups excluding carboxylic acids is 3. The van der Waals surface area contributed by atoms with Gasteiger partial charge in [-0.2, -0.15) is 5.10 Å². The number of hydrogen-bond acceptors (Lipinski definition) is 5. The number of urea groups is 1. The van der Waals surface area contributed by atoms with Crippen LogP contribution in [-0.2, 0) is 9.59 Å². The quantitative estimate of drug-likeness (QED) is 0.659. The van der Waals surface area contributed by atoms with Gasteiger partial charge in [-0.15, -0.1) is 0 Å². The zero-order valence-corrected chi connectivity index (χ0v) is 18.6. The van der Waals surface area contributed by atoms with E-state index in [-0.39, 0.29) is 18.5 Å². The Morgan fingerprint density at radius 2 is 1.88 bits per heavy atom. The monoisotopic (exact) mass is 438 g/mol. The lowest BCUT2D eigenvalue weighted by molar-refractivity contribution is -0.131. The number of nitrogens with one attached hydrogen (secondary N) is 3. The van der Waals surface area contributed by atoms with Crippen LogP contribution in [0.1, 0.15) is 48.7 Å². The van der Waals surface area contributed by atoms with Crippen molar-refractivity contribution in [2.45, 2.75) is 51.6 Å². The Balaban J connectivity index is 1.51. The van der Waals surface area contributed by atoms with Gasteiger partial charge >= 0.3 is 6.03 Å². The van der Waals surface area contributed by atoms with Crippen molar-refractivity contribution in [1.29, 1.82) is 0 Å². The Labute approximate surface area is 187 Å². The van der Waals surface area contributed by atoms with E-state index in [2.05, 4.69) is 21.0 Å². The summed E-state index contributed by atoms with van der Waals surface area (Å²) in [5, 5.41) is 12.8. The molecule has 2 fully saturated rings. The van der Waals surface area contributed by atoms with Gasteiger partial charge in [0.2, 0.25) is 11.8 Å². The molecule has 2 aromatic rings. The maximum atomic E-state index is 12.9. The molecular weight excluding hydrogens is 408 g/mol. The van der Waals surface area contributed by atoms with Gasteiger partial charge in [0.05, 0.1) is 17.9 Å². The summed E-state index contributed by atoms with van der Waals surface area (Å²) in [7, 11) is 0. The van der Waals surface area contributed by atoms with E-state index in [9.17, 15) is 14.4 Å². The zero-order valence-electron chi connectivity index (χ0n) is 18.6. The van der Waals surface area contributed by atoms with E-state index in [1.54, 1.807) is 0 Å². The second kappa shape index (κ2) is 9.52. The van der Waals surface area contributed by atoms with Gasteiger partial charge in [0.25, 0.3) is 0 Å². The normalized spacial score (nSPS) is 19.6. The summed E-state index contributed by atoms with van der Waals surface area (Å²) in [6, 6.07) is 8.74. The van der Waals surface area contributed by atoms with Crippen LogP contribution in [0.5, 0.6) is 0 Å². The first-order chi connectivity index (χ1) is 15.4. The van der Waals surface area contributed by atoms with E-state index in [1.807, 2.05) is 53.8 Å². The summed E-state index contributed by atoms with van der Waals surface area (Å²) >= 11 is 0. The minimum absolute atomic E-state index is 0.0500. The predicted octanol–water partition coefficient (Wildman–Crippen LogP) is 1.73. The Morgan fingerprint density at radius 3 is 2.59 bits per heavy atom. The number of rotatable bonds is 5. The van der Waals surface area contributed by atoms with Crippen LogP contribution in [-0.4, -0.2) is 58.2 Å². The predicted molar refractivity (Wildman–Crippen MR) is 119 cm³/mol. The lowest BCUT2D eigenvalue weighted by Crippen LogP contribution is -2.54. The molecule has 170 valence electrons. The minimum Gasteiger partial charge on any atom is -0.353 e. The molecule has 0 bridgehead atoms. The Kier molecular flexibility index (Phi) is 6.55. The third-order valence-corrected chi connectivity index (χ3v) is 6.22. The number of aryl methyl sites for hydroxylation is 1. The number of nitrogens with zero attached hydrogens (tertiary/aromatic N) is 3. The van der Waals surface area contributed by atoms with Crippen LogP contribution < -0.4 is 16.0 Å². The molecular formula is C23H30N6O3. The van der Waals surface area contributed by atoms with Gasteiger partial charge < -0.3 is 10.6 Å². The maximum Gasteiger partial charge on any atom is 0.321 e. The molecule has 9 nitrogen and oxygen atoms in total. The van der Waals surface area contributed by atoms with Gasteiger partial charge in [-0.05, 0) is 38.8 Å². The number of piperazine rings is 1. The van der Waals surface area contributed by atoms with E-state index < -0.39 is 18.0 Å². The average molecular weight is 439 g/mol. The molecule has 4 amide bonds. The fourth-order valence-electron chi connectivity index (χ4n) is 4.71. The van der Waals surface area contributed by atoms with Gasteiger partial charge in [-0.25, -0.2) is 9.48 Å². The minimum atomic E-state index is -0.648. The Morgan fingerprint density at radius 1 is 1.16 bits per heavy atom. The van der Waals surface area contributed by atoms with Crippen molar-refractivity contribution in [1.82, 2.24) is 30.6 Å². The van der Waals surface area contributed by atoms with E-state index in [1.165, 1.54) is 0 Å². The zero-order chi connectivity index (χ0) is 22.7. The van der Waals surface area contributed by atoms with Gasteiger partial charge in [0.15, 0.2) is 0 Å². The summed E-state index contributed by atoms with van der Waals surface area (Å²) in [6.07, 6.45) is 4.08. The molecule has 0 radical (unpaired) electrons. The molecule has 1 aliphatic carbocycles. The molecule has 9 heteroatoms. The molecule has 1 aromatic carbocycles. The molecule has 1 aliphatic heterocycles. The molecule has 4 rings (SSSR count). The fraction of sp³-hybridized carbons (Fsp3) is 0.478.